The molecule has 0 spiro atoms. The van der Waals surface area contributed by atoms with Crippen LogP contribution in [-0.4, -0.2) is 42.0 Å². The molecule has 0 bridgehead atoms. The van der Waals surface area contributed by atoms with Gasteiger partial charge in [-0.15, -0.1) is 11.3 Å². The van der Waals surface area contributed by atoms with E-state index in [4.69, 9.17) is 9.47 Å². The number of esters is 1. The second-order valence-electron chi connectivity index (χ2n) is 6.23. The number of ether oxygens (including phenoxy) is 2. The Labute approximate surface area is 167 Å². The van der Waals surface area contributed by atoms with Gasteiger partial charge in [-0.2, -0.15) is 0 Å². The summed E-state index contributed by atoms with van der Waals surface area (Å²) >= 11 is 1.58. The largest absolute Gasteiger partial charge is 0.484 e. The normalized spacial score (nSPS) is 11.8. The maximum atomic E-state index is 12.5. The Hall–Kier alpha value is -2.93. The van der Waals surface area contributed by atoms with Gasteiger partial charge in [0.05, 0.1) is 28.4 Å². The fourth-order valence-corrected chi connectivity index (χ4v) is 3.66. The van der Waals surface area contributed by atoms with Crippen molar-refractivity contribution in [3.63, 3.8) is 0 Å². The first-order chi connectivity index (χ1) is 13.5. The Morgan fingerprint density at radius 1 is 1.14 bits per heavy atom. The monoisotopic (exact) mass is 398 g/mol. The zero-order chi connectivity index (χ0) is 20.1. The standard InChI is InChI=1S/C21H22N2O4S/c1-4-26-21(25)15-9-11-16(12-10-15)27-13-19(24)23(3)14(2)20-22-17-7-5-6-8-18(17)28-20/h5-12,14H,4,13H2,1-3H3/t14-/m0/s1. The first-order valence-corrected chi connectivity index (χ1v) is 9.82. The van der Waals surface area contributed by atoms with Crippen molar-refractivity contribution in [2.24, 2.45) is 0 Å². The molecule has 0 radical (unpaired) electrons. The summed E-state index contributed by atoms with van der Waals surface area (Å²) in [6, 6.07) is 14.3. The lowest BCUT2D eigenvalue weighted by Crippen LogP contribution is -2.33. The van der Waals surface area contributed by atoms with Crippen LogP contribution in [0.1, 0.15) is 35.3 Å². The molecule has 1 heterocycles. The Bertz CT molecular complexity index is 935. The van der Waals surface area contributed by atoms with Gasteiger partial charge in [0, 0.05) is 7.05 Å². The van der Waals surface area contributed by atoms with E-state index < -0.39 is 0 Å². The summed E-state index contributed by atoms with van der Waals surface area (Å²) in [5.74, 6) is -0.0156. The van der Waals surface area contributed by atoms with Gasteiger partial charge in [0.25, 0.3) is 5.91 Å². The number of carbonyl (C=O) groups excluding carboxylic acids is 2. The highest BCUT2D eigenvalue weighted by atomic mass is 32.1. The number of aromatic nitrogens is 1. The van der Waals surface area contributed by atoms with Crippen molar-refractivity contribution in [3.05, 3.63) is 59.1 Å². The number of benzene rings is 2. The molecule has 3 aromatic rings. The zero-order valence-corrected chi connectivity index (χ0v) is 16.9. The summed E-state index contributed by atoms with van der Waals surface area (Å²) < 4.78 is 11.6. The molecule has 0 aliphatic carbocycles. The van der Waals surface area contributed by atoms with Crippen LogP contribution in [-0.2, 0) is 9.53 Å². The number of likely N-dealkylation sites (N-methyl/N-ethyl adjacent to an activating group) is 1. The van der Waals surface area contributed by atoms with Crippen LogP contribution in [0.4, 0.5) is 0 Å². The maximum absolute atomic E-state index is 12.5. The molecule has 146 valence electrons. The van der Waals surface area contributed by atoms with Gasteiger partial charge < -0.3 is 14.4 Å². The van der Waals surface area contributed by atoms with Gasteiger partial charge in [-0.1, -0.05) is 12.1 Å². The third kappa shape index (κ3) is 4.48. The van der Waals surface area contributed by atoms with Crippen molar-refractivity contribution in [2.45, 2.75) is 19.9 Å². The Kier molecular flexibility index (Phi) is 6.26. The predicted molar refractivity (Wildman–Crippen MR) is 109 cm³/mol. The molecule has 0 saturated heterocycles. The van der Waals surface area contributed by atoms with Crippen LogP contribution >= 0.6 is 11.3 Å². The average Bonchev–Trinajstić information content (AvgIpc) is 3.15. The number of nitrogens with zero attached hydrogens (tertiary/aromatic N) is 2. The number of thiazole rings is 1. The van der Waals surface area contributed by atoms with E-state index in [2.05, 4.69) is 4.98 Å². The number of rotatable bonds is 7. The molecule has 28 heavy (non-hydrogen) atoms. The van der Waals surface area contributed by atoms with E-state index in [1.807, 2.05) is 31.2 Å². The van der Waals surface area contributed by atoms with Crippen LogP contribution in [0.25, 0.3) is 10.2 Å². The maximum Gasteiger partial charge on any atom is 0.338 e. The van der Waals surface area contributed by atoms with E-state index in [0.717, 1.165) is 15.2 Å². The van der Waals surface area contributed by atoms with E-state index in [-0.39, 0.29) is 24.5 Å². The van der Waals surface area contributed by atoms with Crippen LogP contribution in [0.3, 0.4) is 0 Å². The molecule has 1 aromatic heterocycles. The number of carbonyl (C=O) groups is 2. The van der Waals surface area contributed by atoms with Crippen LogP contribution in [0.2, 0.25) is 0 Å². The molecule has 0 aliphatic rings. The first-order valence-electron chi connectivity index (χ1n) is 9.00. The minimum absolute atomic E-state index is 0.0928. The van der Waals surface area contributed by atoms with Crippen molar-refractivity contribution in [2.75, 3.05) is 20.3 Å². The Morgan fingerprint density at radius 3 is 2.54 bits per heavy atom. The van der Waals surface area contributed by atoms with Crippen molar-refractivity contribution in [1.29, 1.82) is 0 Å². The lowest BCUT2D eigenvalue weighted by atomic mass is 10.2. The van der Waals surface area contributed by atoms with Crippen LogP contribution in [0.15, 0.2) is 48.5 Å². The van der Waals surface area contributed by atoms with Gasteiger partial charge in [-0.05, 0) is 50.2 Å². The Morgan fingerprint density at radius 2 is 1.86 bits per heavy atom. The number of hydrogen-bond acceptors (Lipinski definition) is 6. The van der Waals surface area contributed by atoms with Crippen molar-refractivity contribution in [1.82, 2.24) is 9.88 Å². The van der Waals surface area contributed by atoms with Crippen molar-refractivity contribution < 1.29 is 19.1 Å². The van der Waals surface area contributed by atoms with E-state index in [0.29, 0.717) is 17.9 Å². The number of amides is 1. The van der Waals surface area contributed by atoms with Crippen LogP contribution in [0, 0.1) is 0 Å². The molecular formula is C21H22N2O4S. The molecule has 1 atom stereocenters. The predicted octanol–water partition coefficient (Wildman–Crippen LogP) is 4.07. The van der Waals surface area contributed by atoms with Crippen LogP contribution in [0.5, 0.6) is 5.75 Å². The van der Waals surface area contributed by atoms with Crippen LogP contribution < -0.4 is 4.74 Å². The van der Waals surface area contributed by atoms with E-state index in [1.165, 1.54) is 0 Å². The molecule has 0 fully saturated rings. The second-order valence-corrected chi connectivity index (χ2v) is 7.30. The summed E-state index contributed by atoms with van der Waals surface area (Å²) in [6.45, 7) is 3.94. The fraction of sp³-hybridized carbons (Fsp3) is 0.286. The van der Waals surface area contributed by atoms with E-state index in [9.17, 15) is 9.59 Å². The molecule has 3 rings (SSSR count). The summed E-state index contributed by atoms with van der Waals surface area (Å²) in [5, 5.41) is 0.885. The van der Waals surface area contributed by atoms with Crippen molar-refractivity contribution in [3.8, 4) is 5.75 Å². The minimum Gasteiger partial charge on any atom is -0.484 e. The fourth-order valence-electron chi connectivity index (χ4n) is 2.60. The average molecular weight is 398 g/mol. The lowest BCUT2D eigenvalue weighted by Gasteiger charge is -2.23. The quantitative estimate of drug-likeness (QED) is 0.561. The lowest BCUT2D eigenvalue weighted by molar-refractivity contribution is -0.134. The van der Waals surface area contributed by atoms with Gasteiger partial charge in [0.15, 0.2) is 6.61 Å². The third-order valence-corrected chi connectivity index (χ3v) is 5.58. The molecule has 0 aliphatic heterocycles. The van der Waals surface area contributed by atoms with Crippen molar-refractivity contribution >= 4 is 33.4 Å². The molecule has 1 amide bonds. The summed E-state index contributed by atoms with van der Waals surface area (Å²) in [5.41, 5.74) is 1.38. The molecule has 7 heteroatoms. The highest BCUT2D eigenvalue weighted by molar-refractivity contribution is 7.18. The highest BCUT2D eigenvalue weighted by Crippen LogP contribution is 2.28. The highest BCUT2D eigenvalue weighted by Gasteiger charge is 2.21. The molecule has 6 nitrogen and oxygen atoms in total. The number of fused-ring (bicyclic) bond motifs is 1. The first kappa shape index (κ1) is 19.8. The van der Waals surface area contributed by atoms with Gasteiger partial charge in [0.2, 0.25) is 0 Å². The second kappa shape index (κ2) is 8.84. The Balaban J connectivity index is 1.58. The summed E-state index contributed by atoms with van der Waals surface area (Å²) in [4.78, 5) is 30.4. The molecule has 0 saturated carbocycles. The summed E-state index contributed by atoms with van der Waals surface area (Å²) in [7, 11) is 1.74. The summed E-state index contributed by atoms with van der Waals surface area (Å²) in [6.07, 6.45) is 0. The van der Waals surface area contributed by atoms with E-state index in [1.54, 1.807) is 54.5 Å². The van der Waals surface area contributed by atoms with Gasteiger partial charge in [-0.3, -0.25) is 4.79 Å². The van der Waals surface area contributed by atoms with Gasteiger partial charge in [-0.25, -0.2) is 9.78 Å². The smallest absolute Gasteiger partial charge is 0.338 e. The topological polar surface area (TPSA) is 68.7 Å². The SMILES string of the molecule is CCOC(=O)c1ccc(OCC(=O)N(C)[C@@H](C)c2nc3ccccc3s2)cc1. The molecule has 0 N–H and O–H groups in total. The molecule has 0 unspecified atom stereocenters. The molecule has 2 aromatic carbocycles. The number of hydrogen-bond donors (Lipinski definition) is 0. The van der Waals surface area contributed by atoms with E-state index >= 15 is 0 Å². The molecular weight excluding hydrogens is 376 g/mol. The number of para-hydroxylation sites is 1. The minimum atomic E-state index is -0.380. The van der Waals surface area contributed by atoms with Gasteiger partial charge in [0.1, 0.15) is 10.8 Å². The third-order valence-electron chi connectivity index (χ3n) is 4.37. The zero-order valence-electron chi connectivity index (χ0n) is 16.0. The van der Waals surface area contributed by atoms with Gasteiger partial charge >= 0.3 is 5.97 Å².